The van der Waals surface area contributed by atoms with E-state index in [4.69, 9.17) is 14.2 Å². The highest BCUT2D eigenvalue weighted by atomic mass is 16.5. The minimum absolute atomic E-state index is 0.0676. The number of ether oxygens (including phenoxy) is 3. The number of carbonyl (C=O) groups is 1. The number of hydrogen-bond acceptors (Lipinski definition) is 6. The lowest BCUT2D eigenvalue weighted by Gasteiger charge is -2.25. The summed E-state index contributed by atoms with van der Waals surface area (Å²) in [6, 6.07) is 3.44. The van der Waals surface area contributed by atoms with Crippen molar-refractivity contribution in [2.45, 2.75) is 32.7 Å². The fourth-order valence-electron chi connectivity index (χ4n) is 2.35. The van der Waals surface area contributed by atoms with Gasteiger partial charge in [0, 0.05) is 17.7 Å². The van der Waals surface area contributed by atoms with Crippen molar-refractivity contribution in [3.8, 4) is 11.5 Å². The molecule has 122 valence electrons. The number of hydrogen-bond donors (Lipinski definition) is 2. The summed E-state index contributed by atoms with van der Waals surface area (Å²) in [5.74, 6) is 0.929. The van der Waals surface area contributed by atoms with Gasteiger partial charge in [-0.05, 0) is 25.6 Å². The van der Waals surface area contributed by atoms with E-state index in [2.05, 4.69) is 5.32 Å². The van der Waals surface area contributed by atoms with Gasteiger partial charge in [0.2, 0.25) is 0 Å². The molecule has 22 heavy (non-hydrogen) atoms. The van der Waals surface area contributed by atoms with Crippen molar-refractivity contribution in [1.29, 1.82) is 0 Å². The number of Topliss-reactive ketones (excluding diaryl/α,β-unsaturated/α-hetero) is 1. The van der Waals surface area contributed by atoms with Gasteiger partial charge in [-0.3, -0.25) is 4.79 Å². The molecule has 1 aromatic carbocycles. The standard InChI is InChI=1S/C16H23NO5/c1-4-17-7-11(18)8-22-16-13-9-21-10(2)15(19)12(13)5-6-14(16)20-3/h5-6,10-11,17-18H,4,7-9H2,1-3H3. The van der Waals surface area contributed by atoms with E-state index in [-0.39, 0.29) is 19.0 Å². The Morgan fingerprint density at radius 3 is 2.95 bits per heavy atom. The van der Waals surface area contributed by atoms with Gasteiger partial charge in [-0.25, -0.2) is 0 Å². The van der Waals surface area contributed by atoms with E-state index >= 15 is 0 Å². The maximum atomic E-state index is 12.2. The van der Waals surface area contributed by atoms with Gasteiger partial charge in [0.1, 0.15) is 18.8 Å². The summed E-state index contributed by atoms with van der Waals surface area (Å²) in [5, 5.41) is 12.9. The zero-order valence-corrected chi connectivity index (χ0v) is 13.2. The number of methoxy groups -OCH3 is 1. The van der Waals surface area contributed by atoms with Crippen LogP contribution in [-0.2, 0) is 11.3 Å². The van der Waals surface area contributed by atoms with Crippen LogP contribution in [0.15, 0.2) is 12.1 Å². The summed E-state index contributed by atoms with van der Waals surface area (Å²) in [6.45, 7) is 5.33. The molecule has 6 nitrogen and oxygen atoms in total. The smallest absolute Gasteiger partial charge is 0.191 e. The molecule has 1 heterocycles. The molecule has 0 saturated heterocycles. The largest absolute Gasteiger partial charge is 0.493 e. The van der Waals surface area contributed by atoms with Crippen molar-refractivity contribution in [3.05, 3.63) is 23.3 Å². The van der Waals surface area contributed by atoms with Crippen LogP contribution in [-0.4, -0.2) is 49.9 Å². The molecule has 0 radical (unpaired) electrons. The Morgan fingerprint density at radius 1 is 1.50 bits per heavy atom. The lowest BCUT2D eigenvalue weighted by Crippen LogP contribution is -2.32. The summed E-state index contributed by atoms with van der Waals surface area (Å²) in [7, 11) is 1.54. The lowest BCUT2D eigenvalue weighted by molar-refractivity contribution is 0.0317. The van der Waals surface area contributed by atoms with E-state index in [0.717, 1.165) is 6.54 Å². The fourth-order valence-corrected chi connectivity index (χ4v) is 2.35. The first kappa shape index (κ1) is 16.7. The van der Waals surface area contributed by atoms with Crippen molar-refractivity contribution in [2.24, 2.45) is 0 Å². The van der Waals surface area contributed by atoms with Gasteiger partial charge in [0.25, 0.3) is 0 Å². The normalized spacial score (nSPS) is 18.7. The van der Waals surface area contributed by atoms with Gasteiger partial charge >= 0.3 is 0 Å². The SMILES string of the molecule is CCNCC(O)COc1c(OC)ccc2c1COC(C)C2=O. The molecule has 0 aromatic heterocycles. The van der Waals surface area contributed by atoms with Gasteiger partial charge in [-0.1, -0.05) is 6.92 Å². The number of likely N-dealkylation sites (N-methyl/N-ethyl adjacent to an activating group) is 1. The predicted molar refractivity (Wildman–Crippen MR) is 81.6 cm³/mol. The van der Waals surface area contributed by atoms with E-state index in [0.29, 0.717) is 29.2 Å². The minimum atomic E-state index is -0.639. The first-order chi connectivity index (χ1) is 10.6. The van der Waals surface area contributed by atoms with Crippen molar-refractivity contribution < 1.29 is 24.1 Å². The van der Waals surface area contributed by atoms with Gasteiger partial charge in [0.15, 0.2) is 17.3 Å². The second-order valence-corrected chi connectivity index (χ2v) is 5.21. The molecule has 1 aromatic rings. The first-order valence-corrected chi connectivity index (χ1v) is 7.45. The van der Waals surface area contributed by atoms with E-state index in [1.165, 1.54) is 7.11 Å². The summed E-state index contributed by atoms with van der Waals surface area (Å²) in [5.41, 5.74) is 1.27. The molecule has 0 amide bonds. The molecule has 1 aliphatic rings. The first-order valence-electron chi connectivity index (χ1n) is 7.45. The number of benzene rings is 1. The number of aliphatic hydroxyl groups excluding tert-OH is 1. The van der Waals surface area contributed by atoms with Crippen molar-refractivity contribution in [2.75, 3.05) is 26.8 Å². The minimum Gasteiger partial charge on any atom is -0.493 e. The molecular weight excluding hydrogens is 286 g/mol. The quantitative estimate of drug-likeness (QED) is 0.787. The topological polar surface area (TPSA) is 77.0 Å². The molecular formula is C16H23NO5. The average Bonchev–Trinajstić information content (AvgIpc) is 2.53. The van der Waals surface area contributed by atoms with Gasteiger partial charge < -0.3 is 24.6 Å². The lowest BCUT2D eigenvalue weighted by atomic mass is 9.97. The highest BCUT2D eigenvalue weighted by Crippen LogP contribution is 2.37. The Labute approximate surface area is 130 Å². The monoisotopic (exact) mass is 309 g/mol. The molecule has 0 aliphatic carbocycles. The molecule has 0 saturated carbocycles. The summed E-state index contributed by atoms with van der Waals surface area (Å²) in [6.07, 6.45) is -1.09. The third-order valence-electron chi connectivity index (χ3n) is 3.61. The summed E-state index contributed by atoms with van der Waals surface area (Å²) < 4.78 is 16.5. The van der Waals surface area contributed by atoms with Crippen LogP contribution in [0.5, 0.6) is 11.5 Å². The van der Waals surface area contributed by atoms with E-state index < -0.39 is 12.2 Å². The molecule has 2 N–H and O–H groups in total. The molecule has 6 heteroatoms. The van der Waals surface area contributed by atoms with Crippen LogP contribution in [0.2, 0.25) is 0 Å². The highest BCUT2D eigenvalue weighted by Gasteiger charge is 2.29. The van der Waals surface area contributed by atoms with Crippen LogP contribution in [0.3, 0.4) is 0 Å². The zero-order valence-electron chi connectivity index (χ0n) is 13.2. The highest BCUT2D eigenvalue weighted by molar-refractivity contribution is 6.02. The number of rotatable bonds is 7. The number of ketones is 1. The van der Waals surface area contributed by atoms with Crippen LogP contribution in [0.25, 0.3) is 0 Å². The van der Waals surface area contributed by atoms with Gasteiger partial charge in [-0.2, -0.15) is 0 Å². The second kappa shape index (κ2) is 7.58. The second-order valence-electron chi connectivity index (χ2n) is 5.21. The maximum absolute atomic E-state index is 12.2. The van der Waals surface area contributed by atoms with E-state index in [1.54, 1.807) is 19.1 Å². The molecule has 0 fully saturated rings. The molecule has 2 rings (SSSR count). The van der Waals surface area contributed by atoms with E-state index in [1.807, 2.05) is 6.92 Å². The third-order valence-corrected chi connectivity index (χ3v) is 3.61. The van der Waals surface area contributed by atoms with Gasteiger partial charge in [0.05, 0.1) is 13.7 Å². The third kappa shape index (κ3) is 3.58. The fraction of sp³-hybridized carbons (Fsp3) is 0.562. The number of nitrogens with one attached hydrogen (secondary N) is 1. The number of aliphatic hydroxyl groups is 1. The van der Waals surface area contributed by atoms with Crippen LogP contribution >= 0.6 is 0 Å². The molecule has 0 bridgehead atoms. The van der Waals surface area contributed by atoms with Crippen molar-refractivity contribution in [1.82, 2.24) is 5.32 Å². The van der Waals surface area contributed by atoms with E-state index in [9.17, 15) is 9.90 Å². The average molecular weight is 309 g/mol. The Hall–Kier alpha value is -1.63. The Bertz CT molecular complexity index is 532. The van der Waals surface area contributed by atoms with Crippen LogP contribution in [0, 0.1) is 0 Å². The van der Waals surface area contributed by atoms with Crippen LogP contribution in [0.4, 0.5) is 0 Å². The maximum Gasteiger partial charge on any atom is 0.191 e. The number of carbonyl (C=O) groups excluding carboxylic acids is 1. The Morgan fingerprint density at radius 2 is 2.27 bits per heavy atom. The molecule has 1 aliphatic heterocycles. The predicted octanol–water partition coefficient (Wildman–Crippen LogP) is 1.15. The van der Waals surface area contributed by atoms with Crippen molar-refractivity contribution >= 4 is 5.78 Å². The Kier molecular flexibility index (Phi) is 5.76. The molecule has 2 atom stereocenters. The number of fused-ring (bicyclic) bond motifs is 1. The van der Waals surface area contributed by atoms with Gasteiger partial charge in [-0.15, -0.1) is 0 Å². The summed E-state index contributed by atoms with van der Waals surface area (Å²) >= 11 is 0. The van der Waals surface area contributed by atoms with Crippen molar-refractivity contribution in [3.63, 3.8) is 0 Å². The van der Waals surface area contributed by atoms with Crippen LogP contribution in [0.1, 0.15) is 29.8 Å². The zero-order chi connectivity index (χ0) is 16.1. The molecule has 0 spiro atoms. The summed E-state index contributed by atoms with van der Waals surface area (Å²) in [4.78, 5) is 12.2. The Balaban J connectivity index is 2.20. The van der Waals surface area contributed by atoms with Crippen LogP contribution < -0.4 is 14.8 Å². The molecule has 2 unspecified atom stereocenters.